The topological polar surface area (TPSA) is 34.4 Å². The number of hydrogen-bond donors (Lipinski definition) is 1. The molecule has 0 aliphatic carbocycles. The maximum atomic E-state index is 5.89. The summed E-state index contributed by atoms with van der Waals surface area (Å²) in [5.41, 5.74) is 0. The molecule has 0 bridgehead atoms. The van der Waals surface area contributed by atoms with Crippen molar-refractivity contribution in [2.75, 3.05) is 13.7 Å². The minimum absolute atomic E-state index is 0.120. The second kappa shape index (κ2) is 6.78. The molecule has 2 aromatic heterocycles. The van der Waals surface area contributed by atoms with Crippen molar-refractivity contribution in [3.8, 4) is 5.75 Å². The van der Waals surface area contributed by atoms with Crippen LogP contribution in [0.5, 0.6) is 5.75 Å². The normalized spacial score (nSPS) is 12.6. The molecule has 0 aliphatic rings. The molecule has 0 aromatic carbocycles. The van der Waals surface area contributed by atoms with Crippen molar-refractivity contribution >= 4 is 11.3 Å². The molecule has 104 valence electrons. The fraction of sp³-hybridized carbons (Fsp3) is 0.467. The molecule has 0 spiro atoms. The molecule has 0 aliphatic heterocycles. The molecular weight excluding hydrogens is 258 g/mol. The number of thiophene rings is 1. The van der Waals surface area contributed by atoms with Gasteiger partial charge in [-0.05, 0) is 31.2 Å². The smallest absolute Gasteiger partial charge is 0.129 e. The van der Waals surface area contributed by atoms with E-state index in [0.717, 1.165) is 36.7 Å². The number of hydrogen-bond acceptors (Lipinski definition) is 4. The van der Waals surface area contributed by atoms with Crippen LogP contribution >= 0.6 is 11.3 Å². The van der Waals surface area contributed by atoms with Crippen molar-refractivity contribution in [1.29, 1.82) is 0 Å². The van der Waals surface area contributed by atoms with Crippen molar-refractivity contribution in [2.45, 2.75) is 32.7 Å². The average molecular weight is 279 g/mol. The molecular formula is C15H21NO2S. The molecule has 3 nitrogen and oxygen atoms in total. The molecule has 2 rings (SSSR count). The summed E-state index contributed by atoms with van der Waals surface area (Å²) in [7, 11) is 1.70. The molecule has 0 radical (unpaired) electrons. The van der Waals surface area contributed by atoms with Gasteiger partial charge in [-0.1, -0.05) is 13.8 Å². The van der Waals surface area contributed by atoms with Gasteiger partial charge < -0.3 is 14.5 Å². The van der Waals surface area contributed by atoms with Crippen molar-refractivity contribution in [2.24, 2.45) is 0 Å². The number of methoxy groups -OCH3 is 1. The highest BCUT2D eigenvalue weighted by atomic mass is 32.1. The Morgan fingerprint density at radius 1 is 1.37 bits per heavy atom. The standard InChI is InChI=1S/C15H21NO2S/c1-4-8-16-15(13-7-6-11(5-2)18-13)14-9-12(17-3)10-19-14/h6-7,9-10,15-16H,4-5,8H2,1-3H3. The van der Waals surface area contributed by atoms with Gasteiger partial charge in [-0.25, -0.2) is 0 Å². The van der Waals surface area contributed by atoms with Crippen molar-refractivity contribution in [3.05, 3.63) is 40.0 Å². The van der Waals surface area contributed by atoms with Crippen molar-refractivity contribution in [1.82, 2.24) is 5.32 Å². The Hall–Kier alpha value is -1.26. The van der Waals surface area contributed by atoms with Crippen molar-refractivity contribution < 1.29 is 9.15 Å². The number of nitrogens with one attached hydrogen (secondary N) is 1. The fourth-order valence-electron chi connectivity index (χ4n) is 1.96. The Morgan fingerprint density at radius 3 is 2.79 bits per heavy atom. The summed E-state index contributed by atoms with van der Waals surface area (Å²) in [5, 5.41) is 5.57. The summed E-state index contributed by atoms with van der Waals surface area (Å²) in [6.07, 6.45) is 2.02. The number of rotatable bonds is 7. The van der Waals surface area contributed by atoms with E-state index in [1.807, 2.05) is 5.38 Å². The second-order valence-electron chi connectivity index (χ2n) is 4.43. The maximum absolute atomic E-state index is 5.89. The Balaban J connectivity index is 2.23. The molecule has 4 heteroatoms. The van der Waals surface area contributed by atoms with E-state index in [9.17, 15) is 0 Å². The van der Waals surface area contributed by atoms with E-state index in [-0.39, 0.29) is 6.04 Å². The molecule has 1 unspecified atom stereocenters. The third-order valence-corrected chi connectivity index (χ3v) is 4.01. The van der Waals surface area contributed by atoms with Gasteiger partial charge in [0.2, 0.25) is 0 Å². The van der Waals surface area contributed by atoms with Gasteiger partial charge in [0.25, 0.3) is 0 Å². The summed E-state index contributed by atoms with van der Waals surface area (Å²) in [5.74, 6) is 2.92. The summed E-state index contributed by atoms with van der Waals surface area (Å²) >= 11 is 1.70. The maximum Gasteiger partial charge on any atom is 0.129 e. The van der Waals surface area contributed by atoms with Gasteiger partial charge in [-0.3, -0.25) is 0 Å². The van der Waals surface area contributed by atoms with E-state index < -0.39 is 0 Å². The number of ether oxygens (including phenoxy) is 1. The monoisotopic (exact) mass is 279 g/mol. The van der Waals surface area contributed by atoms with Gasteiger partial charge in [0.1, 0.15) is 23.3 Å². The van der Waals surface area contributed by atoms with Crippen LogP contribution in [0.15, 0.2) is 28.0 Å². The van der Waals surface area contributed by atoms with Crippen LogP contribution < -0.4 is 10.1 Å². The van der Waals surface area contributed by atoms with Crippen LogP contribution in [0.1, 0.15) is 42.7 Å². The average Bonchev–Trinajstić information content (AvgIpc) is 3.08. The quantitative estimate of drug-likeness (QED) is 0.832. The third-order valence-electron chi connectivity index (χ3n) is 3.03. The first-order chi connectivity index (χ1) is 9.28. The number of aryl methyl sites for hydroxylation is 1. The highest BCUT2D eigenvalue weighted by Gasteiger charge is 2.19. The lowest BCUT2D eigenvalue weighted by atomic mass is 10.2. The molecule has 0 amide bonds. The molecule has 0 fully saturated rings. The molecule has 0 saturated carbocycles. The zero-order valence-electron chi connectivity index (χ0n) is 11.7. The Labute approximate surface area is 118 Å². The van der Waals surface area contributed by atoms with Crippen LogP contribution in [-0.4, -0.2) is 13.7 Å². The zero-order chi connectivity index (χ0) is 13.7. The Morgan fingerprint density at radius 2 is 2.21 bits per heavy atom. The van der Waals surface area contributed by atoms with Gasteiger partial charge in [-0.2, -0.15) is 0 Å². The zero-order valence-corrected chi connectivity index (χ0v) is 12.5. The highest BCUT2D eigenvalue weighted by molar-refractivity contribution is 7.10. The van der Waals surface area contributed by atoms with E-state index in [4.69, 9.17) is 9.15 Å². The largest absolute Gasteiger partial charge is 0.496 e. The summed E-state index contributed by atoms with van der Waals surface area (Å²) in [4.78, 5) is 1.22. The van der Waals surface area contributed by atoms with E-state index in [0.29, 0.717) is 0 Å². The second-order valence-corrected chi connectivity index (χ2v) is 5.38. The lowest BCUT2D eigenvalue weighted by Crippen LogP contribution is -2.21. The minimum atomic E-state index is 0.120. The molecule has 1 N–H and O–H groups in total. The summed E-state index contributed by atoms with van der Waals surface area (Å²) < 4.78 is 11.2. The van der Waals surface area contributed by atoms with Crippen LogP contribution in [0.25, 0.3) is 0 Å². The Kier molecular flexibility index (Phi) is 5.05. The molecule has 1 atom stereocenters. The lowest BCUT2D eigenvalue weighted by molar-refractivity contribution is 0.412. The lowest BCUT2D eigenvalue weighted by Gasteiger charge is -2.14. The summed E-state index contributed by atoms with van der Waals surface area (Å²) in [6, 6.07) is 6.32. The van der Waals surface area contributed by atoms with E-state index in [1.54, 1.807) is 18.4 Å². The van der Waals surface area contributed by atoms with Crippen molar-refractivity contribution in [3.63, 3.8) is 0 Å². The first kappa shape index (κ1) is 14.2. The van der Waals surface area contributed by atoms with Crippen LogP contribution in [0.3, 0.4) is 0 Å². The van der Waals surface area contributed by atoms with E-state index in [1.165, 1.54) is 4.88 Å². The first-order valence-corrected chi connectivity index (χ1v) is 7.60. The molecule has 19 heavy (non-hydrogen) atoms. The molecule has 2 aromatic rings. The predicted octanol–water partition coefficient (Wildman–Crippen LogP) is 4.00. The van der Waals surface area contributed by atoms with Crippen LogP contribution in [-0.2, 0) is 6.42 Å². The number of furan rings is 1. The van der Waals surface area contributed by atoms with E-state index >= 15 is 0 Å². The van der Waals surface area contributed by atoms with E-state index in [2.05, 4.69) is 37.4 Å². The third kappa shape index (κ3) is 3.39. The SMILES string of the molecule is CCCNC(c1ccc(CC)o1)c1cc(OC)cs1. The van der Waals surface area contributed by atoms with Gasteiger partial charge in [0.05, 0.1) is 7.11 Å². The molecule has 0 saturated heterocycles. The van der Waals surface area contributed by atoms with Gasteiger partial charge in [-0.15, -0.1) is 11.3 Å². The minimum Gasteiger partial charge on any atom is -0.496 e. The van der Waals surface area contributed by atoms with Gasteiger partial charge in [0, 0.05) is 16.7 Å². The molecule has 2 heterocycles. The van der Waals surface area contributed by atoms with Gasteiger partial charge >= 0.3 is 0 Å². The fourth-order valence-corrected chi connectivity index (χ4v) is 2.90. The first-order valence-electron chi connectivity index (χ1n) is 6.72. The highest BCUT2D eigenvalue weighted by Crippen LogP contribution is 2.32. The van der Waals surface area contributed by atoms with Crippen LogP contribution in [0.4, 0.5) is 0 Å². The van der Waals surface area contributed by atoms with Crippen LogP contribution in [0, 0.1) is 0 Å². The summed E-state index contributed by atoms with van der Waals surface area (Å²) in [6.45, 7) is 5.23. The Bertz CT molecular complexity index is 461. The van der Waals surface area contributed by atoms with Crippen LogP contribution in [0.2, 0.25) is 0 Å². The predicted molar refractivity (Wildman–Crippen MR) is 79.1 cm³/mol. The van der Waals surface area contributed by atoms with Gasteiger partial charge in [0.15, 0.2) is 0 Å².